The first kappa shape index (κ1) is 22.3. The Hall–Kier alpha value is -2.92. The molecule has 2 saturated carbocycles. The minimum absolute atomic E-state index is 0.0142. The van der Waals surface area contributed by atoms with Gasteiger partial charge in [0.1, 0.15) is 17.2 Å². The molecule has 3 aliphatic rings. The molecular formula is C21H18BrNO9. The number of ether oxygens (including phenoxy) is 1. The van der Waals surface area contributed by atoms with Gasteiger partial charge in [-0.2, -0.15) is 0 Å². The Morgan fingerprint density at radius 3 is 2.47 bits per heavy atom. The third-order valence-electron chi connectivity index (χ3n) is 6.60. The molecule has 2 fully saturated rings. The van der Waals surface area contributed by atoms with Gasteiger partial charge >= 0.3 is 5.97 Å². The van der Waals surface area contributed by atoms with E-state index in [2.05, 4.69) is 15.9 Å². The van der Waals surface area contributed by atoms with Crippen LogP contribution in [0.3, 0.4) is 0 Å². The number of esters is 1. The molecule has 0 radical (unpaired) electrons. The zero-order chi connectivity index (χ0) is 23.5. The van der Waals surface area contributed by atoms with Crippen molar-refractivity contribution < 1.29 is 43.7 Å². The molecule has 1 amide bonds. The molecule has 32 heavy (non-hydrogen) atoms. The van der Waals surface area contributed by atoms with Crippen LogP contribution in [-0.4, -0.2) is 62.3 Å². The fraction of sp³-hybridized carbons (Fsp3) is 0.429. The van der Waals surface area contributed by atoms with Crippen LogP contribution in [0.5, 0.6) is 5.75 Å². The summed E-state index contributed by atoms with van der Waals surface area (Å²) in [4.78, 5) is 76.1. The largest absolute Gasteiger partial charge is 0.507 e. The molecule has 168 valence electrons. The smallest absolute Gasteiger partial charge is 0.316 e. The van der Waals surface area contributed by atoms with E-state index in [4.69, 9.17) is 10.5 Å². The number of benzene rings is 1. The van der Waals surface area contributed by atoms with Gasteiger partial charge in [0.25, 0.3) is 0 Å². The Balaban J connectivity index is 1.90. The van der Waals surface area contributed by atoms with Crippen LogP contribution in [0, 0.1) is 23.7 Å². The van der Waals surface area contributed by atoms with Crippen molar-refractivity contribution in [3.8, 4) is 5.75 Å². The van der Waals surface area contributed by atoms with Crippen LogP contribution in [0.15, 0.2) is 18.2 Å². The summed E-state index contributed by atoms with van der Waals surface area (Å²) in [5, 5.41) is 21.3. The van der Waals surface area contributed by atoms with E-state index in [1.807, 2.05) is 0 Å². The SMILES string of the molecule is NC(=O)C1C(=O)C[C@@H]2[C@@H](OC(=O)CBr)[C@@H]3Cc4cccc(O)c4C(=O)C3C(=O)[C@]2(O)C1=O. The maximum Gasteiger partial charge on any atom is 0.316 e. The first-order valence-corrected chi connectivity index (χ1v) is 10.9. The van der Waals surface area contributed by atoms with Crippen molar-refractivity contribution >= 4 is 50.9 Å². The molecule has 2 unspecified atom stereocenters. The number of carbonyl (C=O) groups excluding carboxylic acids is 6. The standard InChI is InChI=1S/C21H18BrNO9/c22-6-12(26)32-17-8-4-7-2-1-3-10(24)13(7)16(27)14(8)18(28)21(31)9(17)5-11(25)15(19(21)29)20(23)30/h1-3,8-9,14-15,17,24,31H,4-6H2,(H2,23,30)/t8-,9-,14?,15?,17+,21+/m1/s1. The van der Waals surface area contributed by atoms with Gasteiger partial charge in [-0.1, -0.05) is 28.1 Å². The summed E-state index contributed by atoms with van der Waals surface area (Å²) in [7, 11) is 0. The number of hydrogen-bond acceptors (Lipinski definition) is 9. The van der Waals surface area contributed by atoms with Gasteiger partial charge in [-0.05, 0) is 18.1 Å². The van der Waals surface area contributed by atoms with Crippen LogP contribution in [0.4, 0.5) is 0 Å². The first-order valence-electron chi connectivity index (χ1n) is 9.77. The van der Waals surface area contributed by atoms with Crippen LogP contribution in [0.25, 0.3) is 0 Å². The van der Waals surface area contributed by atoms with Crippen LogP contribution < -0.4 is 5.73 Å². The number of carbonyl (C=O) groups is 6. The molecule has 11 heteroatoms. The lowest BCUT2D eigenvalue weighted by molar-refractivity contribution is -0.196. The second-order valence-electron chi connectivity index (χ2n) is 8.22. The second-order valence-corrected chi connectivity index (χ2v) is 8.78. The Labute approximate surface area is 189 Å². The van der Waals surface area contributed by atoms with E-state index in [0.29, 0.717) is 5.56 Å². The zero-order valence-corrected chi connectivity index (χ0v) is 18.0. The highest BCUT2D eigenvalue weighted by Gasteiger charge is 2.70. The lowest BCUT2D eigenvalue weighted by Gasteiger charge is -2.52. The van der Waals surface area contributed by atoms with Gasteiger partial charge < -0.3 is 20.7 Å². The Morgan fingerprint density at radius 1 is 1.16 bits per heavy atom. The third kappa shape index (κ3) is 2.95. The first-order chi connectivity index (χ1) is 15.0. The van der Waals surface area contributed by atoms with Crippen LogP contribution in [0.1, 0.15) is 22.3 Å². The molecule has 1 aromatic rings. The Morgan fingerprint density at radius 2 is 1.84 bits per heavy atom. The van der Waals surface area contributed by atoms with Crippen molar-refractivity contribution in [3.05, 3.63) is 29.3 Å². The molecule has 0 heterocycles. The average Bonchev–Trinajstić information content (AvgIpc) is 2.73. The number of ketones is 4. The van der Waals surface area contributed by atoms with E-state index in [-0.39, 0.29) is 23.1 Å². The maximum atomic E-state index is 13.4. The number of phenols is 1. The summed E-state index contributed by atoms with van der Waals surface area (Å²) in [6, 6.07) is 4.34. The Bertz CT molecular complexity index is 1100. The molecule has 3 aliphatic carbocycles. The molecule has 4 N–H and O–H groups in total. The predicted octanol–water partition coefficient (Wildman–Crippen LogP) is -0.757. The predicted molar refractivity (Wildman–Crippen MR) is 108 cm³/mol. The number of aliphatic hydroxyl groups is 1. The van der Waals surface area contributed by atoms with E-state index in [9.17, 15) is 39.0 Å². The lowest BCUT2D eigenvalue weighted by Crippen LogP contribution is -2.72. The number of alkyl halides is 1. The van der Waals surface area contributed by atoms with Gasteiger partial charge in [-0.15, -0.1) is 0 Å². The number of fused-ring (bicyclic) bond motifs is 3. The van der Waals surface area contributed by atoms with Gasteiger partial charge in [0.05, 0.1) is 11.5 Å². The van der Waals surface area contributed by atoms with E-state index in [0.717, 1.165) is 0 Å². The molecule has 0 bridgehead atoms. The molecule has 4 rings (SSSR count). The summed E-state index contributed by atoms with van der Waals surface area (Å²) in [5.74, 6) is -13.0. The molecule has 0 saturated heterocycles. The van der Waals surface area contributed by atoms with E-state index in [1.165, 1.54) is 12.1 Å². The minimum Gasteiger partial charge on any atom is -0.507 e. The van der Waals surface area contributed by atoms with Crippen molar-refractivity contribution in [1.82, 2.24) is 0 Å². The van der Waals surface area contributed by atoms with Gasteiger partial charge in [-0.3, -0.25) is 28.8 Å². The van der Waals surface area contributed by atoms with Gasteiger partial charge in [0.15, 0.2) is 34.7 Å². The normalized spacial score (nSPS) is 33.8. The Kier molecular flexibility index (Phi) is 5.29. The third-order valence-corrected chi connectivity index (χ3v) is 7.05. The summed E-state index contributed by atoms with van der Waals surface area (Å²) in [6.45, 7) is 0. The molecule has 0 aliphatic heterocycles. The average molecular weight is 508 g/mol. The highest BCUT2D eigenvalue weighted by molar-refractivity contribution is 9.09. The zero-order valence-electron chi connectivity index (χ0n) is 16.4. The number of halogens is 1. The number of primary amides is 1. The summed E-state index contributed by atoms with van der Waals surface area (Å²) >= 11 is 2.94. The monoisotopic (exact) mass is 507 g/mol. The van der Waals surface area contributed by atoms with Crippen molar-refractivity contribution in [2.75, 3.05) is 5.33 Å². The quantitative estimate of drug-likeness (QED) is 0.269. The molecule has 0 aromatic heterocycles. The fourth-order valence-electron chi connectivity index (χ4n) is 5.25. The number of Topliss-reactive ketones (excluding diaryl/α,β-unsaturated/α-hetero) is 4. The number of phenolic OH excluding ortho intramolecular Hbond substituents is 1. The molecule has 10 nitrogen and oxygen atoms in total. The fourth-order valence-corrected chi connectivity index (χ4v) is 5.38. The van der Waals surface area contributed by atoms with Crippen LogP contribution >= 0.6 is 15.9 Å². The highest BCUT2D eigenvalue weighted by Crippen LogP contribution is 2.50. The van der Waals surface area contributed by atoms with Crippen LogP contribution in [-0.2, 0) is 35.1 Å². The number of aromatic hydroxyl groups is 1. The summed E-state index contributed by atoms with van der Waals surface area (Å²) < 4.78 is 5.45. The van der Waals surface area contributed by atoms with Crippen molar-refractivity contribution in [1.29, 1.82) is 0 Å². The van der Waals surface area contributed by atoms with Crippen molar-refractivity contribution in [3.63, 3.8) is 0 Å². The lowest BCUT2D eigenvalue weighted by atomic mass is 9.52. The number of rotatable bonds is 3. The molecular weight excluding hydrogens is 490 g/mol. The van der Waals surface area contributed by atoms with E-state index in [1.54, 1.807) is 6.07 Å². The van der Waals surface area contributed by atoms with Crippen LogP contribution in [0.2, 0.25) is 0 Å². The maximum absolute atomic E-state index is 13.4. The van der Waals surface area contributed by atoms with Gasteiger partial charge in [-0.25, -0.2) is 0 Å². The van der Waals surface area contributed by atoms with E-state index < -0.39 is 76.8 Å². The van der Waals surface area contributed by atoms with Gasteiger partial charge in [0, 0.05) is 18.3 Å². The number of amides is 1. The number of nitrogens with two attached hydrogens (primary N) is 1. The summed E-state index contributed by atoms with van der Waals surface area (Å²) in [6.07, 6.45) is -1.96. The minimum atomic E-state index is -2.93. The van der Waals surface area contributed by atoms with Gasteiger partial charge in [0.2, 0.25) is 5.91 Å². The second kappa shape index (κ2) is 7.59. The molecule has 1 aromatic carbocycles. The van der Waals surface area contributed by atoms with E-state index >= 15 is 0 Å². The summed E-state index contributed by atoms with van der Waals surface area (Å²) in [5.41, 5.74) is 2.51. The highest BCUT2D eigenvalue weighted by atomic mass is 79.9. The van der Waals surface area contributed by atoms with Crippen molar-refractivity contribution in [2.45, 2.75) is 24.5 Å². The molecule has 6 atom stereocenters. The topological polar surface area (TPSA) is 178 Å². The molecule has 0 spiro atoms. The van der Waals surface area contributed by atoms with Crippen molar-refractivity contribution in [2.24, 2.45) is 29.4 Å². The number of hydrogen-bond donors (Lipinski definition) is 3.